The van der Waals surface area contributed by atoms with Crippen LogP contribution in [0.5, 0.6) is 5.75 Å². The molecule has 1 aromatic carbocycles. The molecule has 184 valence electrons. The molecule has 0 aliphatic rings. The van der Waals surface area contributed by atoms with Crippen LogP contribution in [0.15, 0.2) is 34.0 Å². The van der Waals surface area contributed by atoms with Gasteiger partial charge < -0.3 is 14.5 Å². The number of benzene rings is 1. The van der Waals surface area contributed by atoms with Crippen molar-refractivity contribution in [3.05, 3.63) is 40.3 Å². The van der Waals surface area contributed by atoms with Gasteiger partial charge in [0.25, 0.3) is 5.56 Å². The van der Waals surface area contributed by atoms with Crippen molar-refractivity contribution in [3.63, 3.8) is 0 Å². The fourth-order valence-electron chi connectivity index (χ4n) is 3.72. The zero-order chi connectivity index (χ0) is 25.0. The van der Waals surface area contributed by atoms with E-state index in [9.17, 15) is 18.0 Å². The second-order valence-electron chi connectivity index (χ2n) is 7.85. The summed E-state index contributed by atoms with van der Waals surface area (Å²) in [4.78, 5) is 26.8. The molecule has 34 heavy (non-hydrogen) atoms. The molecule has 1 N–H and O–H groups in total. The van der Waals surface area contributed by atoms with Gasteiger partial charge in [-0.05, 0) is 37.6 Å². The highest BCUT2D eigenvalue weighted by Gasteiger charge is 2.24. The second-order valence-corrected chi connectivity index (χ2v) is 9.90. The number of likely N-dealkylation sites (N-methyl/N-ethyl adjacent to an activating group) is 1. The molecule has 0 aliphatic carbocycles. The van der Waals surface area contributed by atoms with Crippen LogP contribution in [0.2, 0.25) is 0 Å². The van der Waals surface area contributed by atoms with Crippen molar-refractivity contribution in [3.8, 4) is 17.0 Å². The Morgan fingerprint density at radius 1 is 1.24 bits per heavy atom. The van der Waals surface area contributed by atoms with Crippen molar-refractivity contribution < 1.29 is 22.7 Å². The van der Waals surface area contributed by atoms with E-state index in [2.05, 4.69) is 10.1 Å². The maximum Gasteiger partial charge on any atom is 0.302 e. The number of sulfonamides is 1. The minimum atomic E-state index is -3.89. The summed E-state index contributed by atoms with van der Waals surface area (Å²) in [5.74, 6) is -0.0358. The fraction of sp³-hybridized carbons (Fsp3) is 0.435. The summed E-state index contributed by atoms with van der Waals surface area (Å²) in [6.45, 7) is 5.43. The van der Waals surface area contributed by atoms with Crippen molar-refractivity contribution in [2.24, 2.45) is 7.05 Å². The normalized spacial score (nSPS) is 11.8. The van der Waals surface area contributed by atoms with E-state index in [1.165, 1.54) is 26.1 Å². The summed E-state index contributed by atoms with van der Waals surface area (Å²) in [5.41, 5.74) is 1.82. The topological polar surface area (TPSA) is 124 Å². The minimum absolute atomic E-state index is 0.00329. The summed E-state index contributed by atoms with van der Waals surface area (Å²) in [6.07, 6.45) is 1.58. The van der Waals surface area contributed by atoms with Crippen LogP contribution >= 0.6 is 0 Å². The Kier molecular flexibility index (Phi) is 7.78. The van der Waals surface area contributed by atoms with Gasteiger partial charge in [-0.3, -0.25) is 14.3 Å². The molecule has 3 rings (SSSR count). The first-order valence-electron chi connectivity index (χ1n) is 11.1. The summed E-state index contributed by atoms with van der Waals surface area (Å²) in [7, 11) is -0.751. The summed E-state index contributed by atoms with van der Waals surface area (Å²) >= 11 is 0. The monoisotopic (exact) mass is 490 g/mol. The van der Waals surface area contributed by atoms with Gasteiger partial charge in [0.15, 0.2) is 0 Å². The smallest absolute Gasteiger partial charge is 0.302 e. The number of aryl methyl sites for hydroxylation is 2. The maximum absolute atomic E-state index is 13.1. The Morgan fingerprint density at radius 2 is 1.97 bits per heavy atom. The van der Waals surface area contributed by atoms with Crippen LogP contribution in [0.25, 0.3) is 22.2 Å². The summed E-state index contributed by atoms with van der Waals surface area (Å²) < 4.78 is 39.6. The highest BCUT2D eigenvalue weighted by atomic mass is 32.2. The van der Waals surface area contributed by atoms with Crippen molar-refractivity contribution in [1.29, 1.82) is 0 Å². The molecular formula is C23H30N4O6S. The SMILES string of the molecule is CCCc1nn(C)c2c(=O)[nH]c(-c3cc(S(=O)(=O)N(C)CCOC(C)=O)ccc3OCC)cc12. The van der Waals surface area contributed by atoms with Crippen LogP contribution < -0.4 is 10.3 Å². The molecule has 0 spiro atoms. The maximum atomic E-state index is 13.1. The molecule has 0 bridgehead atoms. The first-order valence-corrected chi connectivity index (χ1v) is 12.5. The van der Waals surface area contributed by atoms with Crippen molar-refractivity contribution in [1.82, 2.24) is 19.1 Å². The van der Waals surface area contributed by atoms with E-state index in [1.54, 1.807) is 17.8 Å². The largest absolute Gasteiger partial charge is 0.493 e. The lowest BCUT2D eigenvalue weighted by molar-refractivity contribution is -0.141. The van der Waals surface area contributed by atoms with Crippen LogP contribution in [-0.4, -0.2) is 60.3 Å². The lowest BCUT2D eigenvalue weighted by Crippen LogP contribution is -2.30. The van der Waals surface area contributed by atoms with Crippen LogP contribution in [0, 0.1) is 0 Å². The quantitative estimate of drug-likeness (QED) is 0.433. The molecule has 0 aliphatic heterocycles. The number of hydrogen-bond donors (Lipinski definition) is 1. The van der Waals surface area contributed by atoms with E-state index in [-0.39, 0.29) is 23.6 Å². The Bertz CT molecular complexity index is 1360. The lowest BCUT2D eigenvalue weighted by atomic mass is 10.1. The number of aromatic nitrogens is 3. The van der Waals surface area contributed by atoms with Gasteiger partial charge in [-0.2, -0.15) is 9.40 Å². The molecule has 2 heterocycles. The number of nitrogens with one attached hydrogen (secondary N) is 1. The molecule has 11 heteroatoms. The molecule has 0 amide bonds. The highest BCUT2D eigenvalue weighted by Crippen LogP contribution is 2.33. The van der Waals surface area contributed by atoms with Crippen molar-refractivity contribution >= 4 is 26.9 Å². The van der Waals surface area contributed by atoms with E-state index in [0.717, 1.165) is 21.8 Å². The summed E-state index contributed by atoms with van der Waals surface area (Å²) in [5, 5.41) is 5.20. The van der Waals surface area contributed by atoms with Crippen LogP contribution in [0.1, 0.15) is 32.9 Å². The predicted molar refractivity (Wildman–Crippen MR) is 128 cm³/mol. The van der Waals surface area contributed by atoms with Gasteiger partial charge in [0.2, 0.25) is 10.0 Å². The zero-order valence-corrected chi connectivity index (χ0v) is 20.9. The minimum Gasteiger partial charge on any atom is -0.493 e. The number of fused-ring (bicyclic) bond motifs is 1. The number of carbonyl (C=O) groups excluding carboxylic acids is 1. The van der Waals surface area contributed by atoms with E-state index >= 15 is 0 Å². The fourth-order valence-corrected chi connectivity index (χ4v) is 4.91. The number of aromatic amines is 1. The molecule has 10 nitrogen and oxygen atoms in total. The Balaban J connectivity index is 2.12. The predicted octanol–water partition coefficient (Wildman–Crippen LogP) is 2.46. The number of ether oxygens (including phenoxy) is 2. The van der Waals surface area contributed by atoms with E-state index in [4.69, 9.17) is 9.47 Å². The Morgan fingerprint density at radius 3 is 2.62 bits per heavy atom. The highest BCUT2D eigenvalue weighted by molar-refractivity contribution is 7.89. The Hall–Kier alpha value is -3.18. The van der Waals surface area contributed by atoms with Gasteiger partial charge in [0, 0.05) is 38.5 Å². The van der Waals surface area contributed by atoms with Gasteiger partial charge >= 0.3 is 5.97 Å². The number of esters is 1. The average molecular weight is 491 g/mol. The molecule has 2 aromatic heterocycles. The first kappa shape index (κ1) is 25.4. The van der Waals surface area contributed by atoms with Gasteiger partial charge in [-0.15, -0.1) is 0 Å². The number of pyridine rings is 1. The molecule has 0 fully saturated rings. The molecule has 3 aromatic rings. The van der Waals surface area contributed by atoms with Gasteiger partial charge in [0.1, 0.15) is 17.9 Å². The standard InChI is InChI=1S/C23H30N4O6S/c1-6-8-19-18-14-20(24-23(29)22(18)27(5)25-19)17-13-16(9-10-21(17)32-7-2)34(30,31)26(4)11-12-33-15(3)28/h9-10,13-14H,6-8,11-12H2,1-5H3,(H,24,29). The van der Waals surface area contributed by atoms with Gasteiger partial charge in [-0.1, -0.05) is 13.3 Å². The number of nitrogens with zero attached hydrogens (tertiary/aromatic N) is 3. The first-order chi connectivity index (χ1) is 16.1. The zero-order valence-electron chi connectivity index (χ0n) is 20.0. The average Bonchev–Trinajstić information content (AvgIpc) is 3.09. The molecule has 0 saturated heterocycles. The third kappa shape index (κ3) is 5.15. The lowest BCUT2D eigenvalue weighted by Gasteiger charge is -2.18. The number of hydrogen-bond acceptors (Lipinski definition) is 7. The van der Waals surface area contributed by atoms with Gasteiger partial charge in [0.05, 0.1) is 22.9 Å². The molecule has 0 saturated carbocycles. The van der Waals surface area contributed by atoms with E-state index < -0.39 is 16.0 Å². The summed E-state index contributed by atoms with van der Waals surface area (Å²) in [6, 6.07) is 6.32. The van der Waals surface area contributed by atoms with Crippen LogP contribution in [0.3, 0.4) is 0 Å². The molecular weight excluding hydrogens is 460 g/mol. The van der Waals surface area contributed by atoms with Crippen molar-refractivity contribution in [2.45, 2.75) is 38.5 Å². The number of rotatable bonds is 10. The van der Waals surface area contributed by atoms with Gasteiger partial charge in [-0.25, -0.2) is 8.42 Å². The number of carbonyl (C=O) groups is 1. The van der Waals surface area contributed by atoms with Crippen molar-refractivity contribution in [2.75, 3.05) is 26.8 Å². The van der Waals surface area contributed by atoms with Crippen LogP contribution in [-0.2, 0) is 33.0 Å². The van der Waals surface area contributed by atoms with E-state index in [1.807, 2.05) is 19.9 Å². The van der Waals surface area contributed by atoms with E-state index in [0.29, 0.717) is 35.6 Å². The molecule has 0 atom stereocenters. The second kappa shape index (κ2) is 10.4. The third-order valence-electron chi connectivity index (χ3n) is 5.36. The number of H-pyrrole nitrogens is 1. The third-order valence-corrected chi connectivity index (χ3v) is 7.21. The Labute approximate surface area is 198 Å². The molecule has 0 unspecified atom stereocenters. The molecule has 0 radical (unpaired) electrons. The van der Waals surface area contributed by atoms with Crippen LogP contribution in [0.4, 0.5) is 0 Å².